The van der Waals surface area contributed by atoms with Crippen LogP contribution in [-0.4, -0.2) is 24.7 Å². The van der Waals surface area contributed by atoms with Crippen LogP contribution in [0.4, 0.5) is 0 Å². The van der Waals surface area contributed by atoms with Crippen molar-refractivity contribution >= 4 is 5.91 Å². The van der Waals surface area contributed by atoms with Crippen LogP contribution in [0.3, 0.4) is 0 Å². The summed E-state index contributed by atoms with van der Waals surface area (Å²) < 4.78 is 6.03. The highest BCUT2D eigenvalue weighted by Crippen LogP contribution is 2.25. The third-order valence-corrected chi connectivity index (χ3v) is 4.16. The fourth-order valence-electron chi connectivity index (χ4n) is 2.75. The van der Waals surface area contributed by atoms with Crippen molar-refractivity contribution < 1.29 is 14.6 Å². The van der Waals surface area contributed by atoms with Gasteiger partial charge in [-0.2, -0.15) is 0 Å². The zero-order valence-electron chi connectivity index (χ0n) is 14.5. The molecule has 4 heteroatoms. The van der Waals surface area contributed by atoms with Gasteiger partial charge in [0.1, 0.15) is 12.4 Å². The first kappa shape index (κ1) is 18.0. The Morgan fingerprint density at radius 2 is 1.96 bits per heavy atom. The predicted octanol–water partition coefficient (Wildman–Crippen LogP) is 2.96. The number of hydrogen-bond donors (Lipinski definition) is 2. The minimum absolute atomic E-state index is 0.199. The number of carbonyl (C=O) groups excluding carboxylic acids is 1. The summed E-state index contributed by atoms with van der Waals surface area (Å²) in [5.41, 5.74) is 4.01. The van der Waals surface area contributed by atoms with E-state index in [1.54, 1.807) is 7.05 Å². The lowest BCUT2D eigenvalue weighted by molar-refractivity contribution is -0.122. The summed E-state index contributed by atoms with van der Waals surface area (Å²) in [6, 6.07) is 13.8. The molecule has 0 radical (unpaired) electrons. The second-order valence-electron chi connectivity index (χ2n) is 5.80. The van der Waals surface area contributed by atoms with Crippen molar-refractivity contribution in [3.05, 3.63) is 64.7 Å². The maximum absolute atomic E-state index is 12.0. The Hall–Kier alpha value is -2.33. The zero-order chi connectivity index (χ0) is 17.5. The van der Waals surface area contributed by atoms with E-state index >= 15 is 0 Å². The minimum Gasteiger partial charge on any atom is -0.489 e. The number of amides is 1. The molecule has 0 spiro atoms. The van der Waals surface area contributed by atoms with E-state index in [0.29, 0.717) is 6.61 Å². The van der Waals surface area contributed by atoms with Gasteiger partial charge in [0.05, 0.1) is 12.5 Å². The van der Waals surface area contributed by atoms with Crippen LogP contribution in [0.1, 0.15) is 35.1 Å². The second kappa shape index (κ2) is 8.50. The van der Waals surface area contributed by atoms with Crippen LogP contribution in [0.5, 0.6) is 5.75 Å². The number of aliphatic hydroxyl groups is 1. The third kappa shape index (κ3) is 4.15. The standard InChI is InChI=1S/C20H25NO3/c1-4-15-10-9-14(2)11-19(15)24-13-16-7-5-6-8-17(16)18(12-22)20(23)21-3/h5-11,18,22H,4,12-13H2,1-3H3,(H,21,23). The van der Waals surface area contributed by atoms with Crippen molar-refractivity contribution in [1.29, 1.82) is 0 Å². The van der Waals surface area contributed by atoms with Crippen molar-refractivity contribution in [1.82, 2.24) is 5.32 Å². The van der Waals surface area contributed by atoms with Crippen molar-refractivity contribution in [3.63, 3.8) is 0 Å². The van der Waals surface area contributed by atoms with Gasteiger partial charge in [-0.25, -0.2) is 0 Å². The van der Waals surface area contributed by atoms with Crippen LogP contribution in [0, 0.1) is 6.92 Å². The minimum atomic E-state index is -0.585. The SMILES string of the molecule is CCc1ccc(C)cc1OCc1ccccc1C(CO)C(=O)NC. The molecule has 0 fully saturated rings. The first-order valence-electron chi connectivity index (χ1n) is 8.23. The van der Waals surface area contributed by atoms with Gasteiger partial charge in [-0.15, -0.1) is 0 Å². The molecule has 0 heterocycles. The molecule has 0 aliphatic carbocycles. The van der Waals surface area contributed by atoms with E-state index in [-0.39, 0.29) is 12.5 Å². The molecule has 1 unspecified atom stereocenters. The molecule has 1 atom stereocenters. The zero-order valence-corrected chi connectivity index (χ0v) is 14.5. The Morgan fingerprint density at radius 3 is 2.62 bits per heavy atom. The highest BCUT2D eigenvalue weighted by atomic mass is 16.5. The maximum atomic E-state index is 12.0. The first-order valence-corrected chi connectivity index (χ1v) is 8.23. The fraction of sp³-hybridized carbons (Fsp3) is 0.350. The summed E-state index contributed by atoms with van der Waals surface area (Å²) >= 11 is 0. The molecule has 2 rings (SSSR count). The van der Waals surface area contributed by atoms with Gasteiger partial charge in [0.15, 0.2) is 0 Å². The fourth-order valence-corrected chi connectivity index (χ4v) is 2.75. The van der Waals surface area contributed by atoms with Gasteiger partial charge in [-0.1, -0.05) is 43.3 Å². The molecule has 24 heavy (non-hydrogen) atoms. The van der Waals surface area contributed by atoms with Crippen molar-refractivity contribution in [2.45, 2.75) is 32.8 Å². The molecule has 0 aliphatic rings. The van der Waals surface area contributed by atoms with Gasteiger partial charge in [0.2, 0.25) is 5.91 Å². The molecule has 0 aromatic heterocycles. The van der Waals surface area contributed by atoms with Crippen LogP contribution in [0.25, 0.3) is 0 Å². The highest BCUT2D eigenvalue weighted by Gasteiger charge is 2.21. The van der Waals surface area contributed by atoms with E-state index in [4.69, 9.17) is 4.74 Å². The van der Waals surface area contributed by atoms with E-state index < -0.39 is 5.92 Å². The topological polar surface area (TPSA) is 58.6 Å². The second-order valence-corrected chi connectivity index (χ2v) is 5.80. The van der Waals surface area contributed by atoms with Crippen LogP contribution in [0.2, 0.25) is 0 Å². The lowest BCUT2D eigenvalue weighted by atomic mass is 9.94. The van der Waals surface area contributed by atoms with Crippen LogP contribution in [-0.2, 0) is 17.8 Å². The van der Waals surface area contributed by atoms with Crippen molar-refractivity contribution in [2.75, 3.05) is 13.7 Å². The largest absolute Gasteiger partial charge is 0.489 e. The van der Waals surface area contributed by atoms with Crippen LogP contribution < -0.4 is 10.1 Å². The molecule has 2 aromatic rings. The molecule has 2 aromatic carbocycles. The number of likely N-dealkylation sites (N-methyl/N-ethyl adjacent to an activating group) is 1. The lowest BCUT2D eigenvalue weighted by Gasteiger charge is -2.18. The van der Waals surface area contributed by atoms with Gasteiger partial charge < -0.3 is 15.2 Å². The molecular formula is C20H25NO3. The normalized spacial score (nSPS) is 11.8. The van der Waals surface area contributed by atoms with Gasteiger partial charge in [-0.05, 0) is 41.7 Å². The number of benzene rings is 2. The van der Waals surface area contributed by atoms with Gasteiger partial charge in [-0.3, -0.25) is 4.79 Å². The van der Waals surface area contributed by atoms with Crippen molar-refractivity contribution in [2.24, 2.45) is 0 Å². The Balaban J connectivity index is 2.25. The quantitative estimate of drug-likeness (QED) is 0.822. The summed E-state index contributed by atoms with van der Waals surface area (Å²) in [5.74, 6) is 0.0838. The summed E-state index contributed by atoms with van der Waals surface area (Å²) in [6.07, 6.45) is 0.898. The van der Waals surface area contributed by atoms with E-state index in [9.17, 15) is 9.90 Å². The van der Waals surface area contributed by atoms with E-state index in [1.165, 1.54) is 0 Å². The molecule has 1 amide bonds. The number of ether oxygens (including phenoxy) is 1. The van der Waals surface area contributed by atoms with Crippen LogP contribution in [0.15, 0.2) is 42.5 Å². The molecule has 0 saturated heterocycles. The molecule has 0 bridgehead atoms. The highest BCUT2D eigenvalue weighted by molar-refractivity contribution is 5.83. The summed E-state index contributed by atoms with van der Waals surface area (Å²) in [4.78, 5) is 12.0. The number of aliphatic hydroxyl groups excluding tert-OH is 1. The van der Waals surface area contributed by atoms with Gasteiger partial charge >= 0.3 is 0 Å². The van der Waals surface area contributed by atoms with Gasteiger partial charge in [0.25, 0.3) is 0 Å². The Bertz CT molecular complexity index is 697. The predicted molar refractivity (Wildman–Crippen MR) is 95.2 cm³/mol. The average Bonchev–Trinajstić information content (AvgIpc) is 2.61. The molecule has 128 valence electrons. The number of carbonyl (C=O) groups is 1. The van der Waals surface area contributed by atoms with Crippen molar-refractivity contribution in [3.8, 4) is 5.75 Å². The van der Waals surface area contributed by atoms with E-state index in [0.717, 1.165) is 34.4 Å². The summed E-state index contributed by atoms with van der Waals surface area (Å²) in [5, 5.41) is 12.2. The average molecular weight is 327 g/mol. The van der Waals surface area contributed by atoms with E-state index in [1.807, 2.05) is 37.3 Å². The smallest absolute Gasteiger partial charge is 0.229 e. The number of aryl methyl sites for hydroxylation is 2. The molecule has 0 saturated carbocycles. The first-order chi connectivity index (χ1) is 11.6. The summed E-state index contributed by atoms with van der Waals surface area (Å²) in [6.45, 7) is 4.26. The van der Waals surface area contributed by atoms with Gasteiger partial charge in [0, 0.05) is 7.05 Å². The Kier molecular flexibility index (Phi) is 6.38. The van der Waals surface area contributed by atoms with E-state index in [2.05, 4.69) is 24.4 Å². The third-order valence-electron chi connectivity index (χ3n) is 4.16. The molecule has 4 nitrogen and oxygen atoms in total. The molecule has 0 aliphatic heterocycles. The summed E-state index contributed by atoms with van der Waals surface area (Å²) in [7, 11) is 1.57. The lowest BCUT2D eigenvalue weighted by Crippen LogP contribution is -2.29. The monoisotopic (exact) mass is 327 g/mol. The Labute approximate surface area is 143 Å². The molecule has 2 N–H and O–H groups in total. The van der Waals surface area contributed by atoms with Crippen LogP contribution >= 0.6 is 0 Å². The molecular weight excluding hydrogens is 302 g/mol. The maximum Gasteiger partial charge on any atom is 0.229 e. The number of nitrogens with one attached hydrogen (secondary N) is 1. The number of rotatable bonds is 7. The Morgan fingerprint density at radius 1 is 1.21 bits per heavy atom. The number of hydrogen-bond acceptors (Lipinski definition) is 3.